The van der Waals surface area contributed by atoms with Crippen molar-refractivity contribution in [1.82, 2.24) is 24.4 Å². The fourth-order valence-corrected chi connectivity index (χ4v) is 3.57. The van der Waals surface area contributed by atoms with Gasteiger partial charge in [0.25, 0.3) is 5.91 Å². The molecule has 7 heteroatoms. The maximum atomic E-state index is 12.9. The molecule has 28 heavy (non-hydrogen) atoms. The minimum absolute atomic E-state index is 0.00141. The number of pyridine rings is 2. The third-order valence-corrected chi connectivity index (χ3v) is 4.98. The molecule has 0 radical (unpaired) electrons. The van der Waals surface area contributed by atoms with Crippen LogP contribution >= 0.6 is 0 Å². The number of nitrogens with zero attached hydrogens (tertiary/aromatic N) is 5. The molecular weight excluding hydrogens is 354 g/mol. The van der Waals surface area contributed by atoms with Gasteiger partial charge >= 0.3 is 0 Å². The van der Waals surface area contributed by atoms with E-state index in [1.54, 1.807) is 18.7 Å². The maximum Gasteiger partial charge on any atom is 0.255 e. The lowest BCUT2D eigenvalue weighted by atomic mass is 10.1. The third-order valence-electron chi connectivity index (χ3n) is 4.98. The Labute approximate surface area is 164 Å². The van der Waals surface area contributed by atoms with Crippen LogP contribution in [0.4, 0.5) is 0 Å². The predicted octanol–water partition coefficient (Wildman–Crippen LogP) is 2.91. The van der Waals surface area contributed by atoms with Gasteiger partial charge in [-0.1, -0.05) is 13.0 Å². The largest absolute Gasteiger partial charge is 0.376 e. The first kappa shape index (κ1) is 18.6. The molecule has 1 unspecified atom stereocenters. The lowest BCUT2D eigenvalue weighted by molar-refractivity contribution is 0.00210. The van der Waals surface area contributed by atoms with Crippen molar-refractivity contribution in [2.24, 2.45) is 0 Å². The summed E-state index contributed by atoms with van der Waals surface area (Å²) in [7, 11) is 0. The van der Waals surface area contributed by atoms with Crippen molar-refractivity contribution in [2.45, 2.75) is 38.8 Å². The van der Waals surface area contributed by atoms with Crippen molar-refractivity contribution in [3.63, 3.8) is 0 Å². The molecule has 7 nitrogen and oxygen atoms in total. The Hall–Kier alpha value is -2.80. The van der Waals surface area contributed by atoms with Crippen LogP contribution in [0.5, 0.6) is 0 Å². The normalized spacial score (nSPS) is 17.2. The van der Waals surface area contributed by atoms with Crippen LogP contribution in [0.3, 0.4) is 0 Å². The molecule has 0 bridgehead atoms. The van der Waals surface area contributed by atoms with Gasteiger partial charge in [0.1, 0.15) is 5.52 Å². The SMILES string of the molecule is CCCOC1CCCN(C(=O)c2cnc3c(c2)ncn3Cc2ccccn2)C1. The molecule has 1 amide bonds. The third kappa shape index (κ3) is 4.04. The summed E-state index contributed by atoms with van der Waals surface area (Å²) >= 11 is 0. The molecule has 1 atom stereocenters. The van der Waals surface area contributed by atoms with Gasteiger partial charge in [-0.3, -0.25) is 9.78 Å². The van der Waals surface area contributed by atoms with Crippen molar-refractivity contribution in [3.8, 4) is 0 Å². The second-order valence-electron chi connectivity index (χ2n) is 7.15. The molecule has 3 aromatic rings. The van der Waals surface area contributed by atoms with Crippen LogP contribution in [0.25, 0.3) is 11.2 Å². The lowest BCUT2D eigenvalue weighted by Gasteiger charge is -2.32. The number of amides is 1. The number of piperidine rings is 1. The van der Waals surface area contributed by atoms with Crippen LogP contribution in [0.15, 0.2) is 43.0 Å². The van der Waals surface area contributed by atoms with Gasteiger partial charge in [-0.2, -0.15) is 0 Å². The molecule has 0 N–H and O–H groups in total. The summed E-state index contributed by atoms with van der Waals surface area (Å²) in [6.07, 6.45) is 8.27. The summed E-state index contributed by atoms with van der Waals surface area (Å²) < 4.78 is 7.79. The molecule has 0 spiro atoms. The molecule has 1 saturated heterocycles. The monoisotopic (exact) mass is 379 g/mol. The Morgan fingerprint density at radius 1 is 1.29 bits per heavy atom. The zero-order chi connectivity index (χ0) is 19.3. The highest BCUT2D eigenvalue weighted by Crippen LogP contribution is 2.19. The number of carbonyl (C=O) groups excluding carboxylic acids is 1. The molecule has 0 saturated carbocycles. The van der Waals surface area contributed by atoms with Crippen molar-refractivity contribution in [3.05, 3.63) is 54.2 Å². The highest BCUT2D eigenvalue weighted by atomic mass is 16.5. The second kappa shape index (κ2) is 8.48. The molecule has 0 aromatic carbocycles. The van der Waals surface area contributed by atoms with Crippen LogP contribution in [-0.2, 0) is 11.3 Å². The number of fused-ring (bicyclic) bond motifs is 1. The minimum atomic E-state index is -0.00141. The fourth-order valence-electron chi connectivity index (χ4n) is 3.57. The number of hydrogen-bond acceptors (Lipinski definition) is 5. The number of aromatic nitrogens is 4. The van der Waals surface area contributed by atoms with E-state index in [0.717, 1.165) is 49.3 Å². The fraction of sp³-hybridized carbons (Fsp3) is 0.429. The van der Waals surface area contributed by atoms with Crippen molar-refractivity contribution in [1.29, 1.82) is 0 Å². The molecule has 4 heterocycles. The summed E-state index contributed by atoms with van der Waals surface area (Å²) in [5, 5.41) is 0. The van der Waals surface area contributed by atoms with Gasteiger partial charge in [-0.15, -0.1) is 0 Å². The zero-order valence-corrected chi connectivity index (χ0v) is 16.1. The summed E-state index contributed by atoms with van der Waals surface area (Å²) in [6, 6.07) is 7.65. The van der Waals surface area contributed by atoms with Gasteiger partial charge in [-0.25, -0.2) is 9.97 Å². The molecule has 1 aliphatic rings. The number of likely N-dealkylation sites (tertiary alicyclic amines) is 1. The average Bonchev–Trinajstić information content (AvgIpc) is 3.14. The summed E-state index contributed by atoms with van der Waals surface area (Å²) in [4.78, 5) is 28.1. The van der Waals surface area contributed by atoms with E-state index in [4.69, 9.17) is 4.74 Å². The Balaban J connectivity index is 1.49. The van der Waals surface area contributed by atoms with Crippen molar-refractivity contribution >= 4 is 17.1 Å². The van der Waals surface area contributed by atoms with Gasteiger partial charge in [0.2, 0.25) is 0 Å². The van der Waals surface area contributed by atoms with E-state index in [0.29, 0.717) is 18.7 Å². The van der Waals surface area contributed by atoms with Crippen LogP contribution in [0, 0.1) is 0 Å². The van der Waals surface area contributed by atoms with Gasteiger partial charge in [0.05, 0.1) is 30.2 Å². The molecule has 1 fully saturated rings. The Morgan fingerprint density at radius 2 is 2.21 bits per heavy atom. The number of rotatable bonds is 6. The average molecular weight is 379 g/mol. The summed E-state index contributed by atoms with van der Waals surface area (Å²) in [5.74, 6) is -0.00141. The van der Waals surface area contributed by atoms with Gasteiger partial charge in [-0.05, 0) is 37.5 Å². The second-order valence-corrected chi connectivity index (χ2v) is 7.15. The van der Waals surface area contributed by atoms with Crippen LogP contribution < -0.4 is 0 Å². The molecule has 0 aliphatic carbocycles. The quantitative estimate of drug-likeness (QED) is 0.658. The zero-order valence-electron chi connectivity index (χ0n) is 16.1. The highest BCUT2D eigenvalue weighted by Gasteiger charge is 2.25. The van der Waals surface area contributed by atoms with Crippen molar-refractivity contribution in [2.75, 3.05) is 19.7 Å². The summed E-state index contributed by atoms with van der Waals surface area (Å²) in [5.41, 5.74) is 2.99. The minimum Gasteiger partial charge on any atom is -0.376 e. The topological polar surface area (TPSA) is 73.1 Å². The van der Waals surface area contributed by atoms with E-state index in [-0.39, 0.29) is 12.0 Å². The summed E-state index contributed by atoms with van der Waals surface area (Å²) in [6.45, 7) is 4.84. The van der Waals surface area contributed by atoms with E-state index >= 15 is 0 Å². The van der Waals surface area contributed by atoms with E-state index in [1.165, 1.54) is 0 Å². The molecule has 1 aliphatic heterocycles. The predicted molar refractivity (Wildman–Crippen MR) is 106 cm³/mol. The molecule has 3 aromatic heterocycles. The van der Waals surface area contributed by atoms with Crippen LogP contribution in [0.2, 0.25) is 0 Å². The standard InChI is InChI=1S/C21H25N5O2/c1-2-10-28-18-7-5-9-25(14-18)21(27)16-11-19-20(23-12-16)26(15-24-19)13-17-6-3-4-8-22-17/h3-4,6,8,11-12,15,18H,2,5,7,9-10,13-14H2,1H3. The number of hydrogen-bond donors (Lipinski definition) is 0. The number of imidazole rings is 1. The first-order valence-corrected chi connectivity index (χ1v) is 9.86. The van der Waals surface area contributed by atoms with Gasteiger partial charge in [0.15, 0.2) is 5.65 Å². The Bertz CT molecular complexity index is 940. The molecule has 4 rings (SSSR count). The van der Waals surface area contributed by atoms with E-state index in [2.05, 4.69) is 21.9 Å². The Kier molecular flexibility index (Phi) is 5.62. The van der Waals surface area contributed by atoms with Gasteiger partial charge in [0, 0.05) is 32.1 Å². The van der Waals surface area contributed by atoms with E-state index < -0.39 is 0 Å². The number of carbonyl (C=O) groups is 1. The van der Waals surface area contributed by atoms with Crippen LogP contribution in [0.1, 0.15) is 42.2 Å². The van der Waals surface area contributed by atoms with Gasteiger partial charge < -0.3 is 14.2 Å². The first-order chi connectivity index (χ1) is 13.7. The highest BCUT2D eigenvalue weighted by molar-refractivity contribution is 5.96. The van der Waals surface area contributed by atoms with E-state index in [1.807, 2.05) is 33.7 Å². The van der Waals surface area contributed by atoms with Crippen molar-refractivity contribution < 1.29 is 9.53 Å². The lowest BCUT2D eigenvalue weighted by Crippen LogP contribution is -2.43. The maximum absolute atomic E-state index is 12.9. The Morgan fingerprint density at radius 3 is 3.04 bits per heavy atom. The van der Waals surface area contributed by atoms with E-state index in [9.17, 15) is 4.79 Å². The van der Waals surface area contributed by atoms with Crippen LogP contribution in [-0.4, -0.2) is 56.1 Å². The first-order valence-electron chi connectivity index (χ1n) is 9.86. The smallest absolute Gasteiger partial charge is 0.255 e. The molecular formula is C21H25N5O2. The molecule has 146 valence electrons. The number of ether oxygens (including phenoxy) is 1.